The number of aliphatic hydroxyl groups excluding tert-OH is 1. The minimum absolute atomic E-state index is 0.0328. The summed E-state index contributed by atoms with van der Waals surface area (Å²) in [6.07, 6.45) is 0.815. The van der Waals surface area contributed by atoms with Gasteiger partial charge in [-0.05, 0) is 49.8 Å². The van der Waals surface area contributed by atoms with Crippen molar-refractivity contribution in [2.45, 2.75) is 50.8 Å². The molecule has 1 N–H and O–H groups in total. The van der Waals surface area contributed by atoms with E-state index in [2.05, 4.69) is 0 Å². The maximum Gasteiger partial charge on any atom is 0.389 e. The maximum absolute atomic E-state index is 12.3. The molecule has 2 rings (SSSR count). The molecular weight excluding hydrogens is 361 g/mol. The van der Waals surface area contributed by atoms with Gasteiger partial charge in [-0.1, -0.05) is 24.3 Å². The molecule has 0 unspecified atom stereocenters. The lowest BCUT2D eigenvalue weighted by Gasteiger charge is -2.27. The number of ether oxygens (including phenoxy) is 2. The first-order chi connectivity index (χ1) is 12.9. The minimum atomic E-state index is -4.14. The van der Waals surface area contributed by atoms with Crippen LogP contribution in [0.4, 0.5) is 13.2 Å². The fraction of sp³-hybridized carbons (Fsp3) is 0.550. The van der Waals surface area contributed by atoms with Crippen molar-refractivity contribution in [1.29, 1.82) is 0 Å². The van der Waals surface area contributed by atoms with Crippen LogP contribution in [0.1, 0.15) is 44.1 Å². The van der Waals surface area contributed by atoms with Crippen molar-refractivity contribution >= 4 is 12.0 Å². The van der Waals surface area contributed by atoms with Crippen LogP contribution in [-0.4, -0.2) is 36.6 Å². The van der Waals surface area contributed by atoms with E-state index in [-0.39, 0.29) is 37.6 Å². The lowest BCUT2D eigenvalue weighted by atomic mass is 9.87. The fourth-order valence-electron chi connectivity index (χ4n) is 3.02. The minimum Gasteiger partial charge on any atom is -0.426 e. The maximum atomic E-state index is 12.3. The number of hydrogen-bond acceptors (Lipinski definition) is 4. The van der Waals surface area contributed by atoms with Gasteiger partial charge in [-0.15, -0.1) is 0 Å². The number of aliphatic hydroxyl groups is 1. The molecule has 0 bridgehead atoms. The lowest BCUT2D eigenvalue weighted by Crippen LogP contribution is -2.29. The SMILES string of the molecule is O=C(Oc1ccc(/C=C/CO)cc1)C1CCC(OCCCC(F)(F)F)CC1. The van der Waals surface area contributed by atoms with E-state index >= 15 is 0 Å². The molecule has 1 aliphatic rings. The average Bonchev–Trinajstić information content (AvgIpc) is 2.64. The molecule has 7 heteroatoms. The van der Waals surface area contributed by atoms with Gasteiger partial charge in [-0.25, -0.2) is 0 Å². The van der Waals surface area contributed by atoms with Gasteiger partial charge in [0.25, 0.3) is 0 Å². The van der Waals surface area contributed by atoms with Crippen molar-refractivity contribution < 1.29 is 32.5 Å². The van der Waals surface area contributed by atoms with Gasteiger partial charge >= 0.3 is 12.1 Å². The monoisotopic (exact) mass is 386 g/mol. The second-order valence-corrected chi connectivity index (χ2v) is 6.64. The lowest BCUT2D eigenvalue weighted by molar-refractivity contribution is -0.143. The molecule has 0 radical (unpaired) electrons. The standard InChI is InChI=1S/C20H25F3O4/c21-20(22,23)12-2-14-26-17-10-6-16(7-11-17)19(25)27-18-8-4-15(5-9-18)3-1-13-24/h1,3-5,8-9,16-17,24H,2,6-7,10-14H2/b3-1+. The van der Waals surface area contributed by atoms with Crippen LogP contribution in [0.3, 0.4) is 0 Å². The summed E-state index contributed by atoms with van der Waals surface area (Å²) in [7, 11) is 0. The molecule has 0 aliphatic heterocycles. The number of alkyl halides is 3. The highest BCUT2D eigenvalue weighted by molar-refractivity contribution is 5.75. The number of benzene rings is 1. The van der Waals surface area contributed by atoms with E-state index in [0.717, 1.165) is 5.56 Å². The van der Waals surface area contributed by atoms with Crippen LogP contribution < -0.4 is 4.74 Å². The summed E-state index contributed by atoms with van der Waals surface area (Å²) < 4.78 is 47.2. The highest BCUT2D eigenvalue weighted by atomic mass is 19.4. The van der Waals surface area contributed by atoms with Crippen LogP contribution in [0.15, 0.2) is 30.3 Å². The van der Waals surface area contributed by atoms with E-state index < -0.39 is 12.6 Å². The van der Waals surface area contributed by atoms with Crippen molar-refractivity contribution in [1.82, 2.24) is 0 Å². The Morgan fingerprint density at radius 1 is 1.15 bits per heavy atom. The predicted octanol–water partition coefficient (Wildman–Crippen LogP) is 4.52. The molecule has 1 aromatic carbocycles. The second-order valence-electron chi connectivity index (χ2n) is 6.64. The van der Waals surface area contributed by atoms with Crippen molar-refractivity contribution in [3.8, 4) is 5.75 Å². The van der Waals surface area contributed by atoms with E-state index in [0.29, 0.717) is 31.4 Å². The van der Waals surface area contributed by atoms with E-state index in [1.165, 1.54) is 0 Å². The Hall–Kier alpha value is -1.86. The first kappa shape index (κ1) is 21.4. The van der Waals surface area contributed by atoms with Crippen molar-refractivity contribution in [2.24, 2.45) is 5.92 Å². The van der Waals surface area contributed by atoms with Crippen LogP contribution in [0.25, 0.3) is 6.08 Å². The highest BCUT2D eigenvalue weighted by Crippen LogP contribution is 2.29. The first-order valence-electron chi connectivity index (χ1n) is 9.15. The van der Waals surface area contributed by atoms with Gasteiger partial charge in [0.15, 0.2) is 0 Å². The summed E-state index contributed by atoms with van der Waals surface area (Å²) in [5.41, 5.74) is 0.895. The summed E-state index contributed by atoms with van der Waals surface area (Å²) >= 11 is 0. The summed E-state index contributed by atoms with van der Waals surface area (Å²) in [5, 5.41) is 8.75. The Morgan fingerprint density at radius 2 is 1.81 bits per heavy atom. The molecule has 1 aromatic rings. The van der Waals surface area contributed by atoms with Gasteiger partial charge in [0.05, 0.1) is 18.6 Å². The molecule has 1 saturated carbocycles. The van der Waals surface area contributed by atoms with E-state index in [1.807, 2.05) is 0 Å². The van der Waals surface area contributed by atoms with Gasteiger partial charge in [0.2, 0.25) is 0 Å². The third-order valence-electron chi connectivity index (χ3n) is 4.48. The average molecular weight is 386 g/mol. The number of carbonyl (C=O) groups is 1. The zero-order valence-electron chi connectivity index (χ0n) is 15.1. The molecule has 0 spiro atoms. The summed E-state index contributed by atoms with van der Waals surface area (Å²) in [6, 6.07) is 6.98. The first-order valence-corrected chi connectivity index (χ1v) is 9.15. The zero-order valence-corrected chi connectivity index (χ0v) is 15.1. The van der Waals surface area contributed by atoms with Crippen molar-refractivity contribution in [3.05, 3.63) is 35.9 Å². The summed E-state index contributed by atoms with van der Waals surface area (Å²) in [5.74, 6) is -0.0372. The molecular formula is C20H25F3O4. The normalized spacial score (nSPS) is 20.7. The quantitative estimate of drug-likeness (QED) is 0.406. The van der Waals surface area contributed by atoms with Gasteiger partial charge < -0.3 is 14.6 Å². The van der Waals surface area contributed by atoms with Gasteiger partial charge in [0.1, 0.15) is 5.75 Å². The fourth-order valence-corrected chi connectivity index (χ4v) is 3.02. The van der Waals surface area contributed by atoms with Crippen LogP contribution >= 0.6 is 0 Å². The van der Waals surface area contributed by atoms with Crippen molar-refractivity contribution in [3.63, 3.8) is 0 Å². The number of esters is 1. The van der Waals surface area contributed by atoms with Crippen molar-refractivity contribution in [2.75, 3.05) is 13.2 Å². The van der Waals surface area contributed by atoms with E-state index in [9.17, 15) is 18.0 Å². The molecule has 0 amide bonds. The number of rotatable bonds is 8. The predicted molar refractivity (Wildman–Crippen MR) is 95.2 cm³/mol. The van der Waals surface area contributed by atoms with Crippen LogP contribution in [0.2, 0.25) is 0 Å². The Kier molecular flexibility index (Phi) is 8.31. The number of halogens is 3. The van der Waals surface area contributed by atoms with Gasteiger partial charge in [-0.3, -0.25) is 4.79 Å². The Bertz CT molecular complexity index is 603. The van der Waals surface area contributed by atoms with Crippen LogP contribution in [-0.2, 0) is 9.53 Å². The Labute approximate surface area is 157 Å². The summed E-state index contributed by atoms with van der Waals surface area (Å²) in [6.45, 7) is 0.0574. The molecule has 0 saturated heterocycles. The third kappa shape index (κ3) is 8.13. The van der Waals surface area contributed by atoms with Crippen LogP contribution in [0.5, 0.6) is 5.75 Å². The Balaban J connectivity index is 1.69. The summed E-state index contributed by atoms with van der Waals surface area (Å²) in [4.78, 5) is 12.3. The smallest absolute Gasteiger partial charge is 0.389 e. The molecule has 0 atom stereocenters. The molecule has 0 heterocycles. The molecule has 4 nitrogen and oxygen atoms in total. The molecule has 1 fully saturated rings. The van der Waals surface area contributed by atoms with Gasteiger partial charge in [-0.2, -0.15) is 13.2 Å². The molecule has 0 aromatic heterocycles. The molecule has 150 valence electrons. The highest BCUT2D eigenvalue weighted by Gasteiger charge is 2.29. The third-order valence-corrected chi connectivity index (χ3v) is 4.48. The molecule has 27 heavy (non-hydrogen) atoms. The number of carbonyl (C=O) groups excluding carboxylic acids is 1. The van der Waals surface area contributed by atoms with E-state index in [4.69, 9.17) is 14.6 Å². The Morgan fingerprint density at radius 3 is 2.41 bits per heavy atom. The molecule has 1 aliphatic carbocycles. The van der Waals surface area contributed by atoms with E-state index in [1.54, 1.807) is 36.4 Å². The van der Waals surface area contributed by atoms with Crippen LogP contribution in [0, 0.1) is 5.92 Å². The topological polar surface area (TPSA) is 55.8 Å². The zero-order chi connectivity index (χ0) is 19.7. The van der Waals surface area contributed by atoms with Gasteiger partial charge in [0, 0.05) is 13.0 Å². The second kappa shape index (κ2) is 10.5. The number of hydrogen-bond donors (Lipinski definition) is 1. The largest absolute Gasteiger partial charge is 0.426 e.